The Kier molecular flexibility index (Phi) is 13.9. The van der Waals surface area contributed by atoms with E-state index in [2.05, 4.69) is 38.7 Å². The van der Waals surface area contributed by atoms with Crippen LogP contribution in [0.3, 0.4) is 0 Å². The van der Waals surface area contributed by atoms with E-state index in [9.17, 15) is 10.2 Å². The number of aromatic nitrogens is 1. The van der Waals surface area contributed by atoms with Crippen LogP contribution in [-0.4, -0.2) is 27.4 Å². The van der Waals surface area contributed by atoms with Crippen LogP contribution in [0.5, 0.6) is 0 Å². The van der Waals surface area contributed by atoms with Crippen molar-refractivity contribution >= 4 is 0 Å². The summed E-state index contributed by atoms with van der Waals surface area (Å²) in [5.74, 6) is 2.71. The molecule has 2 saturated carbocycles. The number of nitrogens with zero attached hydrogens (tertiary/aromatic N) is 1. The van der Waals surface area contributed by atoms with Crippen molar-refractivity contribution in [3.63, 3.8) is 0 Å². The van der Waals surface area contributed by atoms with Gasteiger partial charge < -0.3 is 15.2 Å². The second-order valence-corrected chi connectivity index (χ2v) is 10.8. The maximum Gasteiger partial charge on any atom is 0.0626 e. The second kappa shape index (κ2) is 16.0. The largest absolute Gasteiger partial charge is 0.392 e. The van der Waals surface area contributed by atoms with E-state index in [1.165, 1.54) is 19.3 Å². The van der Waals surface area contributed by atoms with Crippen molar-refractivity contribution in [1.82, 2.24) is 4.98 Å². The quantitative estimate of drug-likeness (QED) is 0.299. The molecule has 203 valence electrons. The Hall–Kier alpha value is -1.06. The Morgan fingerprint density at radius 3 is 1.94 bits per heavy atom. The summed E-state index contributed by atoms with van der Waals surface area (Å²) in [5, 5.41) is 22.4. The molecule has 0 saturated heterocycles. The molecule has 1 radical (unpaired) electrons. The average molecular weight is 671 g/mol. The maximum atomic E-state index is 11.2. The van der Waals surface area contributed by atoms with Gasteiger partial charge in [0.1, 0.15) is 0 Å². The Morgan fingerprint density at radius 2 is 1.42 bits per heavy atom. The van der Waals surface area contributed by atoms with E-state index >= 15 is 0 Å². The molecule has 4 heteroatoms. The third-order valence-corrected chi connectivity index (χ3v) is 9.15. The Bertz CT molecular complexity index is 787. The fourth-order valence-corrected chi connectivity index (χ4v) is 7.12. The summed E-state index contributed by atoms with van der Waals surface area (Å²) >= 11 is 0. The number of fused-ring (bicyclic) bond motifs is 1. The number of rotatable bonds is 7. The molecule has 36 heavy (non-hydrogen) atoms. The molecule has 2 aliphatic carbocycles. The molecule has 6 atom stereocenters. The number of benzene rings is 1. The molecule has 0 bridgehead atoms. The summed E-state index contributed by atoms with van der Waals surface area (Å²) in [6, 6.07) is 16.8. The van der Waals surface area contributed by atoms with Gasteiger partial charge in [-0.15, -0.1) is 35.9 Å². The van der Waals surface area contributed by atoms with E-state index in [-0.39, 0.29) is 38.2 Å². The number of aliphatic hydroxyl groups is 2. The minimum Gasteiger partial charge on any atom is -0.392 e. The third kappa shape index (κ3) is 7.73. The van der Waals surface area contributed by atoms with Crippen LogP contribution in [0.15, 0.2) is 48.7 Å². The summed E-state index contributed by atoms with van der Waals surface area (Å²) in [6.45, 7) is 9.02. The molecular weight excluding hydrogens is 623 g/mol. The van der Waals surface area contributed by atoms with Crippen LogP contribution >= 0.6 is 0 Å². The normalized spacial score (nSPS) is 27.9. The van der Waals surface area contributed by atoms with Crippen molar-refractivity contribution in [2.24, 2.45) is 35.5 Å². The second-order valence-electron chi connectivity index (χ2n) is 10.8. The van der Waals surface area contributed by atoms with Crippen LogP contribution in [0.25, 0.3) is 11.3 Å². The number of hydrogen-bond donors (Lipinski definition) is 2. The molecule has 2 aromatic rings. The summed E-state index contributed by atoms with van der Waals surface area (Å²) in [4.78, 5) is 4.22. The predicted octanol–water partition coefficient (Wildman–Crippen LogP) is 7.57. The van der Waals surface area contributed by atoms with E-state index in [1.807, 2.05) is 42.5 Å². The van der Waals surface area contributed by atoms with Crippen LogP contribution in [0.1, 0.15) is 85.5 Å². The topological polar surface area (TPSA) is 53.4 Å². The zero-order chi connectivity index (χ0) is 25.2. The van der Waals surface area contributed by atoms with Crippen LogP contribution in [0.2, 0.25) is 0 Å². The summed E-state index contributed by atoms with van der Waals surface area (Å²) < 4.78 is 0. The van der Waals surface area contributed by atoms with Crippen LogP contribution in [-0.2, 0) is 20.1 Å². The molecular formula is C32H48IrNO2-. The average Bonchev–Trinajstić information content (AvgIpc) is 3.07. The Morgan fingerprint density at radius 1 is 0.806 bits per heavy atom. The molecule has 0 amide bonds. The standard InChI is InChI=1S/C21H40O2.C11H8N.Ir/c1-5-14(6-2)17-11-9-10-16-12-13-18(15(7-3)8-4)21(23)19(16)20(17)22;1-2-6-10(7-3-1)11-8-4-5-9-12-11;/h14-23H,5-13H2,1-4H3;1-6,8-9H;/q;-1;/t16?,17-,18+,19?,20?,21?;;/m1../s1. The molecule has 4 unspecified atom stereocenters. The Balaban J connectivity index is 0.000000294. The van der Waals surface area contributed by atoms with Gasteiger partial charge in [-0.25, -0.2) is 0 Å². The number of hydrogen-bond acceptors (Lipinski definition) is 3. The third-order valence-electron chi connectivity index (χ3n) is 9.15. The van der Waals surface area contributed by atoms with Gasteiger partial charge in [0.2, 0.25) is 0 Å². The smallest absolute Gasteiger partial charge is 0.0626 e. The van der Waals surface area contributed by atoms with Gasteiger partial charge in [0.15, 0.2) is 0 Å². The molecule has 2 aliphatic rings. The molecule has 1 aromatic heterocycles. The minimum atomic E-state index is -0.292. The minimum absolute atomic E-state index is 0. The first-order valence-corrected chi connectivity index (χ1v) is 14.3. The summed E-state index contributed by atoms with van der Waals surface area (Å²) in [5.41, 5.74) is 2.01. The van der Waals surface area contributed by atoms with Crippen LogP contribution in [0, 0.1) is 41.6 Å². The molecule has 1 aromatic carbocycles. The summed E-state index contributed by atoms with van der Waals surface area (Å²) in [6.07, 6.45) is 11.8. The fraction of sp³-hybridized carbons (Fsp3) is 0.656. The zero-order valence-electron chi connectivity index (χ0n) is 22.8. The predicted molar refractivity (Wildman–Crippen MR) is 146 cm³/mol. The van der Waals surface area contributed by atoms with Gasteiger partial charge in [-0.1, -0.05) is 71.9 Å². The Labute approximate surface area is 233 Å². The van der Waals surface area contributed by atoms with Gasteiger partial charge in [0.05, 0.1) is 12.2 Å². The first-order valence-electron chi connectivity index (χ1n) is 14.3. The first-order chi connectivity index (χ1) is 17.0. The molecule has 2 fully saturated rings. The summed E-state index contributed by atoms with van der Waals surface area (Å²) in [7, 11) is 0. The van der Waals surface area contributed by atoms with Crippen molar-refractivity contribution < 1.29 is 30.3 Å². The van der Waals surface area contributed by atoms with E-state index < -0.39 is 0 Å². The van der Waals surface area contributed by atoms with E-state index in [4.69, 9.17) is 0 Å². The molecule has 0 aliphatic heterocycles. The van der Waals surface area contributed by atoms with Crippen molar-refractivity contribution in [3.8, 4) is 11.3 Å². The van der Waals surface area contributed by atoms with Crippen molar-refractivity contribution in [2.75, 3.05) is 0 Å². The zero-order valence-corrected chi connectivity index (χ0v) is 25.2. The van der Waals surface area contributed by atoms with Gasteiger partial charge in [0, 0.05) is 32.2 Å². The van der Waals surface area contributed by atoms with Crippen molar-refractivity contribution in [1.29, 1.82) is 0 Å². The molecule has 1 heterocycles. The van der Waals surface area contributed by atoms with Gasteiger partial charge in [-0.05, 0) is 67.0 Å². The van der Waals surface area contributed by atoms with Crippen LogP contribution in [0.4, 0.5) is 0 Å². The van der Waals surface area contributed by atoms with Crippen molar-refractivity contribution in [2.45, 2.75) is 97.7 Å². The van der Waals surface area contributed by atoms with Gasteiger partial charge in [-0.3, -0.25) is 0 Å². The van der Waals surface area contributed by atoms with E-state index in [0.29, 0.717) is 29.6 Å². The van der Waals surface area contributed by atoms with Gasteiger partial charge >= 0.3 is 0 Å². The van der Waals surface area contributed by atoms with E-state index in [1.54, 1.807) is 6.20 Å². The number of aliphatic hydroxyl groups excluding tert-OH is 2. The molecule has 0 spiro atoms. The maximum absolute atomic E-state index is 11.2. The fourth-order valence-electron chi connectivity index (χ4n) is 7.12. The molecule has 4 rings (SSSR count). The van der Waals surface area contributed by atoms with Crippen LogP contribution < -0.4 is 0 Å². The SMILES string of the molecule is CCC(CC)[C@H]1CCCC2CC[C@@H](C(CC)CC)C(O)C2C1O.[Ir].[c-]1ccccc1-c1ccccn1. The van der Waals surface area contributed by atoms with Gasteiger partial charge in [-0.2, -0.15) is 0 Å². The van der Waals surface area contributed by atoms with Gasteiger partial charge in [0.25, 0.3) is 0 Å². The van der Waals surface area contributed by atoms with E-state index in [0.717, 1.165) is 49.8 Å². The number of pyridine rings is 1. The molecule has 3 nitrogen and oxygen atoms in total. The molecule has 2 N–H and O–H groups in total. The van der Waals surface area contributed by atoms with Crippen molar-refractivity contribution in [3.05, 3.63) is 54.7 Å². The monoisotopic (exact) mass is 671 g/mol. The first kappa shape index (κ1) is 31.2.